The van der Waals surface area contributed by atoms with Crippen molar-refractivity contribution in [3.63, 3.8) is 0 Å². The van der Waals surface area contributed by atoms with E-state index in [1.165, 1.54) is 0 Å². The molecule has 0 bridgehead atoms. The molecule has 1 aliphatic rings. The molecular formula is C9H12O2. The van der Waals surface area contributed by atoms with Crippen LogP contribution < -0.4 is 0 Å². The largest absolute Gasteiger partial charge is 0.497 e. The molecule has 0 radical (unpaired) electrons. The Balaban J connectivity index is 2.93. The second-order valence-electron chi connectivity index (χ2n) is 3.17. The van der Waals surface area contributed by atoms with E-state index in [0.717, 1.165) is 5.76 Å². The van der Waals surface area contributed by atoms with Crippen molar-refractivity contribution in [2.75, 3.05) is 7.11 Å². The Morgan fingerprint density at radius 2 is 2.00 bits per heavy atom. The number of carbonyl (C=O) groups excluding carboxylic acids is 1. The maximum absolute atomic E-state index is 11.2. The van der Waals surface area contributed by atoms with E-state index < -0.39 is 5.41 Å². The van der Waals surface area contributed by atoms with Crippen LogP contribution in [-0.4, -0.2) is 12.9 Å². The number of rotatable bonds is 1. The summed E-state index contributed by atoms with van der Waals surface area (Å²) in [5.74, 6) is 0.882. The van der Waals surface area contributed by atoms with Crippen LogP contribution in [0.3, 0.4) is 0 Å². The first-order chi connectivity index (χ1) is 5.06. The van der Waals surface area contributed by atoms with Crippen molar-refractivity contribution in [2.45, 2.75) is 13.8 Å². The number of hydrogen-bond acceptors (Lipinski definition) is 2. The molecule has 60 valence electrons. The van der Waals surface area contributed by atoms with Crippen LogP contribution in [0, 0.1) is 5.41 Å². The van der Waals surface area contributed by atoms with Crippen LogP contribution in [0.1, 0.15) is 13.8 Å². The summed E-state index contributed by atoms with van der Waals surface area (Å²) in [4.78, 5) is 11.2. The highest BCUT2D eigenvalue weighted by atomic mass is 16.5. The highest BCUT2D eigenvalue weighted by Gasteiger charge is 2.26. The third kappa shape index (κ3) is 1.50. The quantitative estimate of drug-likeness (QED) is 0.571. The fraction of sp³-hybridized carbons (Fsp3) is 0.444. The van der Waals surface area contributed by atoms with Crippen LogP contribution in [0.25, 0.3) is 0 Å². The molecule has 2 heteroatoms. The smallest absolute Gasteiger partial charge is 0.165 e. The molecule has 0 aliphatic heterocycles. The molecule has 0 fully saturated rings. The van der Waals surface area contributed by atoms with E-state index in [2.05, 4.69) is 0 Å². The molecule has 0 spiro atoms. The van der Waals surface area contributed by atoms with Gasteiger partial charge in [-0.1, -0.05) is 0 Å². The monoisotopic (exact) mass is 152 g/mol. The van der Waals surface area contributed by atoms with E-state index in [9.17, 15) is 4.79 Å². The van der Waals surface area contributed by atoms with Crippen molar-refractivity contribution in [1.29, 1.82) is 0 Å². The fourth-order valence-electron chi connectivity index (χ4n) is 0.974. The predicted molar refractivity (Wildman–Crippen MR) is 43.0 cm³/mol. The summed E-state index contributed by atoms with van der Waals surface area (Å²) in [6.07, 6.45) is 5.07. The number of carbonyl (C=O) groups is 1. The van der Waals surface area contributed by atoms with Gasteiger partial charge in [-0.05, 0) is 32.1 Å². The number of methoxy groups -OCH3 is 1. The van der Waals surface area contributed by atoms with Crippen LogP contribution in [0.5, 0.6) is 0 Å². The van der Waals surface area contributed by atoms with Crippen molar-refractivity contribution in [2.24, 2.45) is 5.41 Å². The third-order valence-corrected chi connectivity index (χ3v) is 1.77. The van der Waals surface area contributed by atoms with Crippen molar-refractivity contribution >= 4 is 5.78 Å². The summed E-state index contributed by atoms with van der Waals surface area (Å²) in [5.41, 5.74) is -0.403. The maximum atomic E-state index is 11.2. The molecule has 0 saturated heterocycles. The van der Waals surface area contributed by atoms with Crippen LogP contribution in [-0.2, 0) is 9.53 Å². The molecule has 0 aromatic carbocycles. The molecule has 2 nitrogen and oxygen atoms in total. The first kappa shape index (κ1) is 8.05. The predicted octanol–water partition coefficient (Wildman–Crippen LogP) is 1.68. The van der Waals surface area contributed by atoms with Crippen LogP contribution in [0.2, 0.25) is 0 Å². The van der Waals surface area contributed by atoms with E-state index in [-0.39, 0.29) is 5.78 Å². The summed E-state index contributed by atoms with van der Waals surface area (Å²) in [6, 6.07) is 0. The van der Waals surface area contributed by atoms with Crippen LogP contribution in [0.15, 0.2) is 24.0 Å². The van der Waals surface area contributed by atoms with Gasteiger partial charge >= 0.3 is 0 Å². The zero-order valence-electron chi connectivity index (χ0n) is 7.05. The minimum atomic E-state index is -0.403. The standard InChI is InChI=1S/C9H12O2/c1-9(2)6-7(11-3)4-5-8(9)10/h4-6H,1-3H3. The van der Waals surface area contributed by atoms with Crippen molar-refractivity contribution in [3.05, 3.63) is 24.0 Å². The number of hydrogen-bond donors (Lipinski definition) is 0. The normalized spacial score (nSPS) is 21.4. The summed E-state index contributed by atoms with van der Waals surface area (Å²) in [7, 11) is 1.60. The van der Waals surface area contributed by atoms with Gasteiger partial charge in [-0.3, -0.25) is 4.79 Å². The van der Waals surface area contributed by atoms with E-state index in [1.807, 2.05) is 19.9 Å². The van der Waals surface area contributed by atoms with Gasteiger partial charge in [-0.15, -0.1) is 0 Å². The summed E-state index contributed by atoms with van der Waals surface area (Å²) in [5, 5.41) is 0. The number of ketones is 1. The Bertz CT molecular complexity index is 234. The summed E-state index contributed by atoms with van der Waals surface area (Å²) < 4.78 is 5.00. The first-order valence-corrected chi connectivity index (χ1v) is 3.55. The first-order valence-electron chi connectivity index (χ1n) is 3.55. The van der Waals surface area contributed by atoms with Gasteiger partial charge in [0.2, 0.25) is 0 Å². The maximum Gasteiger partial charge on any atom is 0.165 e. The van der Waals surface area contributed by atoms with Crippen LogP contribution >= 0.6 is 0 Å². The van der Waals surface area contributed by atoms with Gasteiger partial charge in [-0.25, -0.2) is 0 Å². The molecule has 1 rings (SSSR count). The van der Waals surface area contributed by atoms with Crippen molar-refractivity contribution in [3.8, 4) is 0 Å². The van der Waals surface area contributed by atoms with Crippen molar-refractivity contribution < 1.29 is 9.53 Å². The minimum Gasteiger partial charge on any atom is -0.497 e. The van der Waals surface area contributed by atoms with Gasteiger partial charge < -0.3 is 4.74 Å². The molecule has 11 heavy (non-hydrogen) atoms. The van der Waals surface area contributed by atoms with Crippen LogP contribution in [0.4, 0.5) is 0 Å². The number of allylic oxidation sites excluding steroid dienone is 3. The van der Waals surface area contributed by atoms with Gasteiger partial charge in [0.25, 0.3) is 0 Å². The minimum absolute atomic E-state index is 0.123. The molecule has 1 aliphatic carbocycles. The lowest BCUT2D eigenvalue weighted by atomic mass is 9.84. The lowest BCUT2D eigenvalue weighted by Crippen LogP contribution is -2.22. The molecule has 0 atom stereocenters. The lowest BCUT2D eigenvalue weighted by molar-refractivity contribution is -0.120. The van der Waals surface area contributed by atoms with E-state index >= 15 is 0 Å². The Morgan fingerprint density at radius 1 is 1.36 bits per heavy atom. The molecule has 0 aromatic heterocycles. The average molecular weight is 152 g/mol. The fourth-order valence-corrected chi connectivity index (χ4v) is 0.974. The third-order valence-electron chi connectivity index (χ3n) is 1.77. The van der Waals surface area contributed by atoms with Gasteiger partial charge in [0, 0.05) is 5.41 Å². The molecule has 0 unspecified atom stereocenters. The molecular weight excluding hydrogens is 140 g/mol. The zero-order valence-corrected chi connectivity index (χ0v) is 7.05. The van der Waals surface area contributed by atoms with Crippen molar-refractivity contribution in [1.82, 2.24) is 0 Å². The van der Waals surface area contributed by atoms with E-state index in [0.29, 0.717) is 0 Å². The Labute approximate surface area is 66.5 Å². The van der Waals surface area contributed by atoms with E-state index in [4.69, 9.17) is 4.74 Å². The highest BCUT2D eigenvalue weighted by Crippen LogP contribution is 2.25. The SMILES string of the molecule is COC1=CC(C)(C)C(=O)C=C1. The van der Waals surface area contributed by atoms with Gasteiger partial charge in [0.1, 0.15) is 5.76 Å². The zero-order chi connectivity index (χ0) is 8.48. The van der Waals surface area contributed by atoms with Gasteiger partial charge in [-0.2, -0.15) is 0 Å². The highest BCUT2D eigenvalue weighted by molar-refractivity contribution is 5.97. The molecule has 0 amide bonds. The molecule has 0 N–H and O–H groups in total. The Morgan fingerprint density at radius 3 is 2.45 bits per heavy atom. The lowest BCUT2D eigenvalue weighted by Gasteiger charge is -2.20. The molecule has 0 aromatic rings. The van der Waals surface area contributed by atoms with Gasteiger partial charge in [0.15, 0.2) is 5.78 Å². The number of ether oxygens (including phenoxy) is 1. The van der Waals surface area contributed by atoms with E-state index in [1.54, 1.807) is 19.3 Å². The average Bonchev–Trinajstić information content (AvgIpc) is 1.95. The summed E-state index contributed by atoms with van der Waals surface area (Å²) >= 11 is 0. The Kier molecular flexibility index (Phi) is 1.85. The van der Waals surface area contributed by atoms with Gasteiger partial charge in [0.05, 0.1) is 7.11 Å². The summed E-state index contributed by atoms with van der Waals surface area (Å²) in [6.45, 7) is 3.75. The second-order valence-corrected chi connectivity index (χ2v) is 3.17. The molecule has 0 saturated carbocycles. The second kappa shape index (κ2) is 2.53. The molecule has 0 heterocycles. The Hall–Kier alpha value is -1.05. The topological polar surface area (TPSA) is 26.3 Å².